The van der Waals surface area contributed by atoms with Gasteiger partial charge in [-0.05, 0) is 12.8 Å². The van der Waals surface area contributed by atoms with E-state index in [1.54, 1.807) is 0 Å². The number of carbonyl (C=O) groups is 2. The number of hydrogen-bond acceptors (Lipinski definition) is 9. The SMILES string of the molecule is C=CCOC(=O)NC1C(O)[C@@H](O)C(CO)O[C@H]1OCCCCCCCCC(=O)OC.[Ac].[Ac].[Ac]. The van der Waals surface area contributed by atoms with Crippen LogP contribution in [0.5, 0.6) is 0 Å². The van der Waals surface area contributed by atoms with Gasteiger partial charge in [-0.2, -0.15) is 0 Å². The van der Waals surface area contributed by atoms with Crippen LogP contribution >= 0.6 is 0 Å². The molecule has 1 saturated heterocycles. The number of nitrogens with one attached hydrogen (secondary N) is 1. The summed E-state index contributed by atoms with van der Waals surface area (Å²) in [6, 6.07) is -1.06. The van der Waals surface area contributed by atoms with E-state index in [1.807, 2.05) is 0 Å². The topological polar surface area (TPSA) is 144 Å². The Morgan fingerprint density at radius 3 is 2.21 bits per heavy atom. The Hall–Kier alpha value is 2.60. The molecule has 13 heteroatoms. The van der Waals surface area contributed by atoms with Crippen LogP contribution in [0.1, 0.15) is 44.9 Å². The average Bonchev–Trinajstić information content (AvgIpc) is 2.75. The van der Waals surface area contributed by atoms with Crippen LogP contribution in [0.4, 0.5) is 4.79 Å². The van der Waals surface area contributed by atoms with Crippen molar-refractivity contribution < 1.29 is 176 Å². The average molecular weight is 1110 g/mol. The van der Waals surface area contributed by atoms with Crippen LogP contribution in [0.25, 0.3) is 0 Å². The number of ether oxygens (including phenoxy) is 4. The molecule has 33 heavy (non-hydrogen) atoms. The zero-order chi connectivity index (χ0) is 22.4. The van der Waals surface area contributed by atoms with Crippen molar-refractivity contribution in [3.8, 4) is 0 Å². The molecule has 183 valence electrons. The Labute approximate surface area is 303 Å². The summed E-state index contributed by atoms with van der Waals surface area (Å²) in [7, 11) is 1.38. The van der Waals surface area contributed by atoms with Crippen molar-refractivity contribution in [1.29, 1.82) is 0 Å². The van der Waals surface area contributed by atoms with E-state index in [9.17, 15) is 24.9 Å². The molecule has 5 atom stereocenters. The van der Waals surface area contributed by atoms with Crippen LogP contribution in [0.15, 0.2) is 12.7 Å². The molecule has 0 saturated carbocycles. The van der Waals surface area contributed by atoms with Crippen LogP contribution in [-0.2, 0) is 23.7 Å². The Morgan fingerprint density at radius 2 is 1.64 bits per heavy atom. The van der Waals surface area contributed by atoms with Gasteiger partial charge in [-0.15, -0.1) is 0 Å². The van der Waals surface area contributed by atoms with Gasteiger partial charge in [0.1, 0.15) is 31.0 Å². The molecule has 0 aromatic carbocycles. The number of hydrogen-bond donors (Lipinski definition) is 4. The largest absolute Gasteiger partial charge is 0.469 e. The number of rotatable bonds is 14. The first-order valence-corrected chi connectivity index (χ1v) is 10.3. The van der Waals surface area contributed by atoms with E-state index >= 15 is 0 Å². The van der Waals surface area contributed by atoms with Crippen molar-refractivity contribution in [3.63, 3.8) is 0 Å². The normalized spacial score (nSPS) is 23.7. The molecule has 10 nitrogen and oxygen atoms in total. The third-order valence-corrected chi connectivity index (χ3v) is 4.78. The third kappa shape index (κ3) is 16.9. The number of esters is 1. The van der Waals surface area contributed by atoms with Gasteiger partial charge in [0, 0.05) is 145 Å². The molecule has 0 aliphatic carbocycles. The molecule has 1 amide bonds. The van der Waals surface area contributed by atoms with Gasteiger partial charge < -0.3 is 39.6 Å². The molecular formula is C20H35Ac3NO9. The molecule has 3 unspecified atom stereocenters. The molecule has 1 aliphatic heterocycles. The second-order valence-corrected chi connectivity index (χ2v) is 7.08. The number of alkyl carbamates (subject to hydrolysis) is 1. The molecule has 1 heterocycles. The second-order valence-electron chi connectivity index (χ2n) is 7.08. The number of carbonyl (C=O) groups excluding carboxylic acids is 2. The summed E-state index contributed by atoms with van der Waals surface area (Å²) >= 11 is 0. The smallest absolute Gasteiger partial charge is 0.407 e. The Morgan fingerprint density at radius 1 is 1.03 bits per heavy atom. The van der Waals surface area contributed by atoms with Crippen molar-refractivity contribution in [3.05, 3.63) is 12.7 Å². The third-order valence-electron chi connectivity index (χ3n) is 4.78. The minimum atomic E-state index is -1.40. The number of amides is 1. The zero-order valence-corrected chi connectivity index (χ0v) is 33.5. The van der Waals surface area contributed by atoms with E-state index in [0.29, 0.717) is 13.0 Å². The first kappa shape index (κ1) is 40.1. The molecule has 4 N–H and O–H groups in total. The molecular weight excluding hydrogens is 1080 g/mol. The van der Waals surface area contributed by atoms with Gasteiger partial charge in [-0.3, -0.25) is 4.79 Å². The first-order valence-electron chi connectivity index (χ1n) is 10.3. The zero-order valence-electron chi connectivity index (χ0n) is 19.3. The van der Waals surface area contributed by atoms with E-state index in [1.165, 1.54) is 13.2 Å². The minimum Gasteiger partial charge on any atom is -0.469 e. The maximum atomic E-state index is 11.8. The van der Waals surface area contributed by atoms with Gasteiger partial charge in [0.05, 0.1) is 13.7 Å². The van der Waals surface area contributed by atoms with Crippen LogP contribution in [0.3, 0.4) is 0 Å². The van der Waals surface area contributed by atoms with E-state index in [0.717, 1.165) is 38.5 Å². The van der Waals surface area contributed by atoms with Crippen LogP contribution < -0.4 is 5.32 Å². The van der Waals surface area contributed by atoms with Crippen molar-refractivity contribution >= 4 is 12.1 Å². The Bertz CT molecular complexity index is 531. The molecule has 0 spiro atoms. The van der Waals surface area contributed by atoms with Gasteiger partial charge in [0.25, 0.3) is 0 Å². The predicted molar refractivity (Wildman–Crippen MR) is 107 cm³/mol. The molecule has 0 aromatic heterocycles. The van der Waals surface area contributed by atoms with Crippen molar-refractivity contribution in [2.24, 2.45) is 0 Å². The standard InChI is InChI=1S/C20H35NO9.3Ac/c1-3-11-29-20(26)21-16-18(25)17(24)14(13-22)30-19(16)28-12-9-7-5-4-6-8-10-15(23)27-2;;;/h3,14,16-19,22,24-25H,1,4-13H2,2H3,(H,21,26);;;/t14?,16?,17-,18?,19+;;;/m0.../s1. The predicted octanol–water partition coefficient (Wildman–Crippen LogP) is 0.626. The van der Waals surface area contributed by atoms with Crippen molar-refractivity contribution in [1.82, 2.24) is 5.32 Å². The molecule has 0 aromatic rings. The summed E-state index contributed by atoms with van der Waals surface area (Å²) in [5.41, 5.74) is 0. The molecule has 1 rings (SSSR count). The number of aliphatic hydroxyl groups is 3. The fourth-order valence-electron chi connectivity index (χ4n) is 3.07. The molecule has 1 fully saturated rings. The van der Waals surface area contributed by atoms with Crippen molar-refractivity contribution in [2.45, 2.75) is 75.6 Å². The van der Waals surface area contributed by atoms with E-state index in [-0.39, 0.29) is 145 Å². The molecule has 1 aliphatic rings. The first-order chi connectivity index (χ1) is 14.4. The van der Waals surface area contributed by atoms with Gasteiger partial charge in [0.2, 0.25) is 0 Å². The summed E-state index contributed by atoms with van der Waals surface area (Å²) in [6.07, 6.45) is 1.52. The van der Waals surface area contributed by atoms with Gasteiger partial charge >= 0.3 is 12.1 Å². The summed E-state index contributed by atoms with van der Waals surface area (Å²) < 4.78 is 20.6. The molecule has 0 bridgehead atoms. The van der Waals surface area contributed by atoms with Crippen LogP contribution in [0.2, 0.25) is 0 Å². The number of unbranched alkanes of at least 4 members (excludes halogenated alkanes) is 5. The summed E-state index contributed by atoms with van der Waals surface area (Å²) in [6.45, 7) is 3.24. The quantitative estimate of drug-likeness (QED) is 0.112. The fourth-order valence-corrected chi connectivity index (χ4v) is 3.07. The summed E-state index contributed by atoms with van der Waals surface area (Å²) in [5, 5.41) is 32.1. The second kappa shape index (κ2) is 24.9. The van der Waals surface area contributed by atoms with Gasteiger partial charge in [-0.25, -0.2) is 4.79 Å². The van der Waals surface area contributed by atoms with Gasteiger partial charge in [0.15, 0.2) is 6.29 Å². The molecule has 3 radical (unpaired) electrons. The summed E-state index contributed by atoms with van der Waals surface area (Å²) in [5.74, 6) is -0.194. The summed E-state index contributed by atoms with van der Waals surface area (Å²) in [4.78, 5) is 22.9. The van der Waals surface area contributed by atoms with E-state index in [4.69, 9.17) is 14.2 Å². The monoisotopic (exact) mass is 1110 g/mol. The Kier molecular flexibility index (Phi) is 30.3. The van der Waals surface area contributed by atoms with E-state index < -0.39 is 43.3 Å². The fraction of sp³-hybridized carbons (Fsp3) is 0.800. The number of methoxy groups -OCH3 is 1. The van der Waals surface area contributed by atoms with Crippen LogP contribution in [0, 0.1) is 132 Å². The maximum absolute atomic E-state index is 11.8. The van der Waals surface area contributed by atoms with Crippen LogP contribution in [-0.4, -0.2) is 85.0 Å². The minimum absolute atomic E-state index is 0. The maximum Gasteiger partial charge on any atom is 0.407 e. The van der Waals surface area contributed by atoms with Crippen molar-refractivity contribution in [2.75, 3.05) is 26.9 Å². The Balaban J connectivity index is -0.00000300. The van der Waals surface area contributed by atoms with E-state index in [2.05, 4.69) is 16.6 Å². The number of aliphatic hydroxyl groups excluding tert-OH is 3. The van der Waals surface area contributed by atoms with Gasteiger partial charge in [-0.1, -0.05) is 38.3 Å².